The maximum atomic E-state index is 13.1. The summed E-state index contributed by atoms with van der Waals surface area (Å²) < 4.78 is 13.1. The fourth-order valence-corrected chi connectivity index (χ4v) is 9.78. The molecule has 0 nitrogen and oxygen atoms in total. The molecule has 0 aromatic heterocycles. The molecule has 0 saturated heterocycles. The molecule has 0 fully saturated rings. The average molecular weight is 395 g/mol. The van der Waals surface area contributed by atoms with Crippen molar-refractivity contribution in [3.05, 3.63) is 35.7 Å². The summed E-state index contributed by atoms with van der Waals surface area (Å²) in [6, 6.07) is 6.83. The first-order valence-corrected chi connectivity index (χ1v) is 8.45. The molecule has 0 aliphatic heterocycles. The summed E-state index contributed by atoms with van der Waals surface area (Å²) in [7, 11) is -1.74. The Labute approximate surface area is 136 Å². The molecule has 0 unspecified atom stereocenters. The summed E-state index contributed by atoms with van der Waals surface area (Å²) in [4.78, 5) is 0. The molecule has 1 aromatic rings. The van der Waals surface area contributed by atoms with Gasteiger partial charge in [-0.05, 0) is 65.8 Å². The van der Waals surface area contributed by atoms with Crippen LogP contribution in [0.2, 0.25) is 0 Å². The van der Waals surface area contributed by atoms with Gasteiger partial charge < -0.3 is 11.6 Å². The summed E-state index contributed by atoms with van der Waals surface area (Å²) in [5, 5.41) is 1.26. The van der Waals surface area contributed by atoms with Crippen LogP contribution in [0.5, 0.6) is 0 Å². The van der Waals surface area contributed by atoms with Gasteiger partial charge in [-0.3, -0.25) is 0 Å². The van der Waals surface area contributed by atoms with Gasteiger partial charge in [-0.2, -0.15) is 0 Å². The zero-order valence-corrected chi connectivity index (χ0v) is 15.6. The van der Waals surface area contributed by atoms with Gasteiger partial charge in [0.1, 0.15) is 5.82 Å². The van der Waals surface area contributed by atoms with E-state index in [2.05, 4.69) is 41.5 Å². The Hall–Kier alpha value is 0.532. The molecule has 0 heterocycles. The van der Waals surface area contributed by atoms with Crippen LogP contribution in [-0.4, -0.2) is 10.3 Å². The molecule has 0 aliphatic rings. The van der Waals surface area contributed by atoms with E-state index in [1.54, 1.807) is 0 Å². The monoisotopic (exact) mass is 394 g/mol. The van der Waals surface area contributed by atoms with Gasteiger partial charge in [0.05, 0.1) is 15.6 Å². The van der Waals surface area contributed by atoms with E-state index in [0.29, 0.717) is 0 Å². The summed E-state index contributed by atoms with van der Waals surface area (Å²) in [5.41, 5.74) is 1.86. The molecule has 0 radical (unpaired) electrons. The predicted molar refractivity (Wildman–Crippen MR) is 82.6 cm³/mol. The molecule has 0 N–H and O–H groups in total. The Morgan fingerprint density at radius 3 is 1.58 bits per heavy atom. The van der Waals surface area contributed by atoms with Crippen LogP contribution < -0.4 is 5.30 Å². The zero-order valence-electron chi connectivity index (χ0n) is 12.4. The van der Waals surface area contributed by atoms with E-state index in [1.807, 2.05) is 17.8 Å². The number of rotatable bonds is 2. The van der Waals surface area contributed by atoms with Gasteiger partial charge in [0.25, 0.3) is 0 Å². The van der Waals surface area contributed by atoms with Crippen molar-refractivity contribution in [2.45, 2.75) is 51.9 Å². The minimum atomic E-state index is -1.74. The van der Waals surface area contributed by atoms with Crippen LogP contribution in [0.4, 0.5) is 4.39 Å². The van der Waals surface area contributed by atoms with E-state index in [0.717, 1.165) is 0 Å². The van der Waals surface area contributed by atoms with Crippen LogP contribution in [-0.2, 0) is 20.4 Å². The molecule has 0 spiro atoms. The molecule has 0 atom stereocenters. The number of hydrogen-bond acceptors (Lipinski definition) is 0. The Balaban J connectivity index is 0.00000324. The van der Waals surface area contributed by atoms with Crippen LogP contribution in [0.3, 0.4) is 0 Å². The SMILES string of the molecule is CC(C)(C)[P+]([CH-]Cl)(c1ccc(F)cc1)C(C)(C)C.[Pd]. The van der Waals surface area contributed by atoms with Crippen LogP contribution in [0.25, 0.3) is 0 Å². The van der Waals surface area contributed by atoms with E-state index in [1.165, 1.54) is 17.4 Å². The van der Waals surface area contributed by atoms with E-state index in [-0.39, 0.29) is 36.6 Å². The third kappa shape index (κ3) is 3.60. The van der Waals surface area contributed by atoms with Gasteiger partial charge in [-0.25, -0.2) is 4.39 Å². The van der Waals surface area contributed by atoms with Gasteiger partial charge in [0, 0.05) is 20.4 Å². The third-order valence-electron chi connectivity index (χ3n) is 3.50. The van der Waals surface area contributed by atoms with E-state index < -0.39 is 7.26 Å². The van der Waals surface area contributed by atoms with E-state index >= 15 is 0 Å². The smallest absolute Gasteiger partial charge is 0.123 e. The maximum Gasteiger partial charge on any atom is 0.123 e. The number of halogens is 2. The quantitative estimate of drug-likeness (QED) is 0.356. The minimum Gasteiger partial charge on any atom is -0.304 e. The summed E-state index contributed by atoms with van der Waals surface area (Å²) >= 11 is 6.30. The first-order valence-electron chi connectivity index (χ1n) is 6.16. The van der Waals surface area contributed by atoms with Crippen LogP contribution in [0.15, 0.2) is 24.3 Å². The average Bonchev–Trinajstić information content (AvgIpc) is 2.18. The van der Waals surface area contributed by atoms with Crippen LogP contribution in [0, 0.1) is 11.4 Å². The van der Waals surface area contributed by atoms with Crippen molar-refractivity contribution in [1.82, 2.24) is 0 Å². The van der Waals surface area contributed by atoms with Crippen molar-refractivity contribution in [3.8, 4) is 0 Å². The van der Waals surface area contributed by atoms with Gasteiger partial charge in [-0.15, -0.1) is 0 Å². The zero-order chi connectivity index (χ0) is 14.2. The molecule has 112 valence electrons. The van der Waals surface area contributed by atoms with Gasteiger partial charge in [0.2, 0.25) is 0 Å². The van der Waals surface area contributed by atoms with Gasteiger partial charge in [-0.1, -0.05) is 12.9 Å². The Bertz CT molecular complexity index is 390. The Morgan fingerprint density at radius 1 is 0.947 bits per heavy atom. The van der Waals surface area contributed by atoms with Crippen molar-refractivity contribution < 1.29 is 24.8 Å². The van der Waals surface area contributed by atoms with E-state index in [9.17, 15) is 4.39 Å². The van der Waals surface area contributed by atoms with Crippen molar-refractivity contribution in [1.29, 1.82) is 0 Å². The molecule has 0 saturated carbocycles. The molecular weight excluding hydrogens is 372 g/mol. The molecule has 1 rings (SSSR count). The van der Waals surface area contributed by atoms with Crippen molar-refractivity contribution in [3.63, 3.8) is 0 Å². The second kappa shape index (κ2) is 6.53. The fraction of sp³-hybridized carbons (Fsp3) is 0.533. The number of hydrogen-bond donors (Lipinski definition) is 0. The molecule has 0 amide bonds. The molecular formula is C15H23ClFPPd. The number of benzene rings is 1. The molecule has 4 heteroatoms. The third-order valence-corrected chi connectivity index (χ3v) is 10.0. The fourth-order valence-electron chi connectivity index (χ4n) is 2.81. The summed E-state index contributed by atoms with van der Waals surface area (Å²) in [6.07, 6.45) is 0. The van der Waals surface area contributed by atoms with Gasteiger partial charge in [0.15, 0.2) is 0 Å². The minimum absolute atomic E-state index is 0. The second-order valence-electron chi connectivity index (χ2n) is 6.64. The molecule has 19 heavy (non-hydrogen) atoms. The normalized spacial score (nSPS) is 13.1. The maximum absolute atomic E-state index is 13.1. The predicted octanol–water partition coefficient (Wildman–Crippen LogP) is 5.42. The van der Waals surface area contributed by atoms with Crippen molar-refractivity contribution >= 4 is 24.2 Å². The van der Waals surface area contributed by atoms with Crippen molar-refractivity contribution in [2.24, 2.45) is 0 Å². The molecule has 0 bridgehead atoms. The summed E-state index contributed by atoms with van der Waals surface area (Å²) in [6.45, 7) is 13.3. The van der Waals surface area contributed by atoms with Crippen LogP contribution in [0.1, 0.15) is 41.5 Å². The van der Waals surface area contributed by atoms with Crippen LogP contribution >= 0.6 is 18.9 Å². The molecule has 0 aliphatic carbocycles. The first-order chi connectivity index (χ1) is 8.06. The largest absolute Gasteiger partial charge is 0.304 e. The Kier molecular flexibility index (Phi) is 6.71. The first kappa shape index (κ1) is 19.5. The standard InChI is InChI=1S/C15H23ClFP.Pd/c1-14(2,3)18(11-16,15(4,5)6)13-9-7-12(17)8-10-13;/h7-11H,1-6H3;. The van der Waals surface area contributed by atoms with Crippen molar-refractivity contribution in [2.75, 3.05) is 0 Å². The molecule has 1 aromatic carbocycles. The Morgan fingerprint density at radius 2 is 1.32 bits per heavy atom. The summed E-state index contributed by atoms with van der Waals surface area (Å²) in [5.74, 6) is -0.200. The second-order valence-corrected chi connectivity index (χ2v) is 12.1. The van der Waals surface area contributed by atoms with E-state index in [4.69, 9.17) is 11.6 Å². The van der Waals surface area contributed by atoms with Gasteiger partial charge >= 0.3 is 0 Å². The topological polar surface area (TPSA) is 0 Å².